The van der Waals surface area contributed by atoms with Gasteiger partial charge in [-0.15, -0.1) is 11.3 Å². The summed E-state index contributed by atoms with van der Waals surface area (Å²) in [4.78, 5) is 27.9. The highest BCUT2D eigenvalue weighted by molar-refractivity contribution is 7.10. The van der Waals surface area contributed by atoms with Crippen molar-refractivity contribution in [3.8, 4) is 0 Å². The lowest BCUT2D eigenvalue weighted by Crippen LogP contribution is -2.15. The first-order valence-electron chi connectivity index (χ1n) is 5.55. The third-order valence-electron chi connectivity index (χ3n) is 2.37. The van der Waals surface area contributed by atoms with Crippen LogP contribution in [0.2, 0.25) is 0 Å². The Morgan fingerprint density at radius 1 is 1.37 bits per heavy atom. The van der Waals surface area contributed by atoms with Gasteiger partial charge in [-0.2, -0.15) is 0 Å². The molecule has 0 radical (unpaired) electrons. The molecule has 0 aliphatic rings. The van der Waals surface area contributed by atoms with Crippen LogP contribution < -0.4 is 5.32 Å². The summed E-state index contributed by atoms with van der Waals surface area (Å²) < 4.78 is 4.56. The fraction of sp³-hybridized carbons (Fsp3) is 0.154. The molecule has 0 spiro atoms. The standard InChI is InChI=1S/C13H12N2O3S/c1-18-13(17)9-4-5-11(14-8-9)15-12(16)7-10-3-2-6-19-10/h2-6,8H,7H2,1H3,(H,14,15,16). The molecule has 2 aromatic heterocycles. The highest BCUT2D eigenvalue weighted by Crippen LogP contribution is 2.11. The Kier molecular flexibility index (Phi) is 4.25. The van der Waals surface area contributed by atoms with Gasteiger partial charge in [-0.25, -0.2) is 9.78 Å². The second-order valence-electron chi connectivity index (χ2n) is 3.73. The number of anilines is 1. The molecule has 1 amide bonds. The van der Waals surface area contributed by atoms with Crippen LogP contribution in [0.5, 0.6) is 0 Å². The van der Waals surface area contributed by atoms with Crippen molar-refractivity contribution in [2.75, 3.05) is 12.4 Å². The number of carbonyl (C=O) groups is 2. The average molecular weight is 276 g/mol. The Balaban J connectivity index is 1.96. The molecule has 0 unspecified atom stereocenters. The number of thiophene rings is 1. The minimum absolute atomic E-state index is 0.138. The summed E-state index contributed by atoms with van der Waals surface area (Å²) in [5.41, 5.74) is 0.346. The van der Waals surface area contributed by atoms with E-state index in [1.807, 2.05) is 17.5 Å². The Bertz CT molecular complexity index is 564. The number of hydrogen-bond donors (Lipinski definition) is 1. The molecule has 0 fully saturated rings. The summed E-state index contributed by atoms with van der Waals surface area (Å²) in [5.74, 6) is -0.182. The van der Waals surface area contributed by atoms with Crippen molar-refractivity contribution in [1.29, 1.82) is 0 Å². The van der Waals surface area contributed by atoms with Crippen LogP contribution in [0.15, 0.2) is 35.8 Å². The number of pyridine rings is 1. The summed E-state index contributed by atoms with van der Waals surface area (Å²) in [7, 11) is 1.30. The molecule has 2 rings (SSSR count). The van der Waals surface area contributed by atoms with Crippen molar-refractivity contribution < 1.29 is 14.3 Å². The zero-order valence-corrected chi connectivity index (χ0v) is 11.1. The highest BCUT2D eigenvalue weighted by atomic mass is 32.1. The largest absolute Gasteiger partial charge is 0.465 e. The van der Waals surface area contributed by atoms with Crippen molar-refractivity contribution in [2.24, 2.45) is 0 Å². The monoisotopic (exact) mass is 276 g/mol. The quantitative estimate of drug-likeness (QED) is 0.868. The lowest BCUT2D eigenvalue weighted by Gasteiger charge is -2.04. The molecular formula is C13H12N2O3S. The van der Waals surface area contributed by atoms with Gasteiger partial charge >= 0.3 is 5.97 Å². The molecule has 19 heavy (non-hydrogen) atoms. The minimum Gasteiger partial charge on any atom is -0.465 e. The van der Waals surface area contributed by atoms with Gasteiger partial charge in [0.25, 0.3) is 0 Å². The van der Waals surface area contributed by atoms with Crippen molar-refractivity contribution >= 4 is 29.0 Å². The number of methoxy groups -OCH3 is 1. The van der Waals surface area contributed by atoms with Crippen LogP contribution in [0.3, 0.4) is 0 Å². The van der Waals surface area contributed by atoms with Crippen LogP contribution in [0.4, 0.5) is 5.82 Å². The van der Waals surface area contributed by atoms with Gasteiger partial charge in [0.15, 0.2) is 0 Å². The molecule has 0 bridgehead atoms. The highest BCUT2D eigenvalue weighted by Gasteiger charge is 2.08. The lowest BCUT2D eigenvalue weighted by molar-refractivity contribution is -0.115. The summed E-state index contributed by atoms with van der Waals surface area (Å²) in [6.45, 7) is 0. The summed E-state index contributed by atoms with van der Waals surface area (Å²) in [6.07, 6.45) is 1.69. The normalized spacial score (nSPS) is 9.95. The van der Waals surface area contributed by atoms with Crippen molar-refractivity contribution in [2.45, 2.75) is 6.42 Å². The predicted octanol–water partition coefficient (Wildman–Crippen LogP) is 2.11. The molecule has 0 aromatic carbocycles. The molecular weight excluding hydrogens is 264 g/mol. The Morgan fingerprint density at radius 2 is 2.21 bits per heavy atom. The molecule has 2 heterocycles. The van der Waals surface area contributed by atoms with E-state index >= 15 is 0 Å². The number of esters is 1. The van der Waals surface area contributed by atoms with Crippen molar-refractivity contribution in [3.05, 3.63) is 46.3 Å². The maximum atomic E-state index is 11.7. The van der Waals surface area contributed by atoms with E-state index in [2.05, 4.69) is 15.0 Å². The molecule has 0 saturated carbocycles. The van der Waals surface area contributed by atoms with E-state index in [1.54, 1.807) is 12.1 Å². The minimum atomic E-state index is -0.455. The van der Waals surface area contributed by atoms with Gasteiger partial charge in [0.1, 0.15) is 5.82 Å². The van der Waals surface area contributed by atoms with Crippen molar-refractivity contribution in [1.82, 2.24) is 4.98 Å². The van der Waals surface area contributed by atoms with E-state index in [9.17, 15) is 9.59 Å². The molecule has 98 valence electrons. The van der Waals surface area contributed by atoms with Gasteiger partial charge in [-0.05, 0) is 23.6 Å². The third kappa shape index (κ3) is 3.62. The first kappa shape index (κ1) is 13.2. The molecule has 1 N–H and O–H groups in total. The van der Waals surface area contributed by atoms with Crippen molar-refractivity contribution in [3.63, 3.8) is 0 Å². The lowest BCUT2D eigenvalue weighted by atomic mass is 10.3. The number of carbonyl (C=O) groups excluding carboxylic acids is 2. The Morgan fingerprint density at radius 3 is 2.79 bits per heavy atom. The number of nitrogens with zero attached hydrogens (tertiary/aromatic N) is 1. The second-order valence-corrected chi connectivity index (χ2v) is 4.76. The maximum Gasteiger partial charge on any atom is 0.339 e. The van der Waals surface area contributed by atoms with Gasteiger partial charge in [-0.3, -0.25) is 4.79 Å². The van der Waals surface area contributed by atoms with Crippen LogP contribution >= 0.6 is 11.3 Å². The summed E-state index contributed by atoms with van der Waals surface area (Å²) in [5, 5.41) is 4.59. The van der Waals surface area contributed by atoms with E-state index in [-0.39, 0.29) is 5.91 Å². The number of nitrogens with one attached hydrogen (secondary N) is 1. The van der Waals surface area contributed by atoms with E-state index < -0.39 is 5.97 Å². The number of amides is 1. The van der Waals surface area contributed by atoms with Gasteiger partial charge in [-0.1, -0.05) is 6.07 Å². The fourth-order valence-corrected chi connectivity index (χ4v) is 2.17. The molecule has 2 aromatic rings. The smallest absolute Gasteiger partial charge is 0.339 e. The summed E-state index contributed by atoms with van der Waals surface area (Å²) >= 11 is 1.53. The van der Waals surface area contributed by atoms with E-state index in [0.29, 0.717) is 17.8 Å². The van der Waals surface area contributed by atoms with Crippen LogP contribution in [0, 0.1) is 0 Å². The van der Waals surface area contributed by atoms with Gasteiger partial charge in [0, 0.05) is 11.1 Å². The second kappa shape index (κ2) is 6.10. The van der Waals surface area contributed by atoms with Gasteiger partial charge < -0.3 is 10.1 Å². The Hall–Kier alpha value is -2.21. The fourth-order valence-electron chi connectivity index (χ4n) is 1.46. The molecule has 6 heteroatoms. The number of rotatable bonds is 4. The molecule has 5 nitrogen and oxygen atoms in total. The topological polar surface area (TPSA) is 68.3 Å². The zero-order valence-electron chi connectivity index (χ0n) is 10.3. The molecule has 0 atom stereocenters. The SMILES string of the molecule is COC(=O)c1ccc(NC(=O)Cc2cccs2)nc1. The van der Waals surface area contributed by atoms with E-state index in [1.165, 1.54) is 24.6 Å². The van der Waals surface area contributed by atoms with Crippen LogP contribution in [0.1, 0.15) is 15.2 Å². The molecule has 0 saturated heterocycles. The van der Waals surface area contributed by atoms with Crippen LogP contribution in [0.25, 0.3) is 0 Å². The third-order valence-corrected chi connectivity index (χ3v) is 3.24. The molecule has 0 aliphatic carbocycles. The maximum absolute atomic E-state index is 11.7. The van der Waals surface area contributed by atoms with Crippen LogP contribution in [-0.2, 0) is 16.0 Å². The number of ether oxygens (including phenoxy) is 1. The molecule has 0 aliphatic heterocycles. The Labute approximate surface area is 114 Å². The van der Waals surface area contributed by atoms with E-state index in [4.69, 9.17) is 0 Å². The van der Waals surface area contributed by atoms with E-state index in [0.717, 1.165) is 4.88 Å². The number of hydrogen-bond acceptors (Lipinski definition) is 5. The van der Waals surface area contributed by atoms with Gasteiger partial charge in [0.2, 0.25) is 5.91 Å². The first-order valence-corrected chi connectivity index (χ1v) is 6.43. The van der Waals surface area contributed by atoms with Crippen LogP contribution in [-0.4, -0.2) is 24.0 Å². The zero-order chi connectivity index (χ0) is 13.7. The predicted molar refractivity (Wildman–Crippen MR) is 72.2 cm³/mol. The first-order chi connectivity index (χ1) is 9.19. The summed E-state index contributed by atoms with van der Waals surface area (Å²) in [6, 6.07) is 6.92. The number of aromatic nitrogens is 1. The van der Waals surface area contributed by atoms with Gasteiger partial charge in [0.05, 0.1) is 19.1 Å². The average Bonchev–Trinajstić information content (AvgIpc) is 2.91.